The summed E-state index contributed by atoms with van der Waals surface area (Å²) in [4.78, 5) is 11.9. The maximum atomic E-state index is 12.4. The van der Waals surface area contributed by atoms with Gasteiger partial charge in [0.1, 0.15) is 10.6 Å². The first-order chi connectivity index (χ1) is 10.8. The highest BCUT2D eigenvalue weighted by Crippen LogP contribution is 2.27. The number of amides is 1. The maximum Gasteiger partial charge on any atom is 0.244 e. The fourth-order valence-corrected chi connectivity index (χ4v) is 3.94. The van der Waals surface area contributed by atoms with E-state index in [0.29, 0.717) is 0 Å². The summed E-state index contributed by atoms with van der Waals surface area (Å²) in [6, 6.07) is 3.41. The summed E-state index contributed by atoms with van der Waals surface area (Å²) in [6.45, 7) is 3.45. The van der Waals surface area contributed by atoms with Crippen LogP contribution >= 0.6 is 0 Å². The number of benzene rings is 1. The summed E-state index contributed by atoms with van der Waals surface area (Å²) in [6.07, 6.45) is 4.14. The standard InChI is InChI=1S/C16H24N2O4S/c1-11-8-14(22-3)15(9-12(11)2)23(20,21)17-10-16(19)18-13-6-4-5-7-13/h8-9,13,17H,4-7,10H2,1-3H3,(H,18,19). The quantitative estimate of drug-likeness (QED) is 0.825. The third-order valence-corrected chi connectivity index (χ3v) is 5.63. The van der Waals surface area contributed by atoms with Gasteiger partial charge in [-0.1, -0.05) is 12.8 Å². The van der Waals surface area contributed by atoms with E-state index in [9.17, 15) is 13.2 Å². The van der Waals surface area contributed by atoms with Crippen LogP contribution in [0.3, 0.4) is 0 Å². The van der Waals surface area contributed by atoms with Gasteiger partial charge in [0.05, 0.1) is 13.7 Å². The lowest BCUT2D eigenvalue weighted by molar-refractivity contribution is -0.120. The molecule has 1 aliphatic rings. The number of carbonyl (C=O) groups excluding carboxylic acids is 1. The van der Waals surface area contributed by atoms with E-state index in [1.54, 1.807) is 12.1 Å². The minimum absolute atomic E-state index is 0.0526. The topological polar surface area (TPSA) is 84.5 Å². The molecule has 0 unspecified atom stereocenters. The number of carbonyl (C=O) groups is 1. The molecular formula is C16H24N2O4S. The van der Waals surface area contributed by atoms with Crippen LogP contribution in [0.5, 0.6) is 5.75 Å². The molecule has 1 amide bonds. The Morgan fingerprint density at radius 2 is 1.83 bits per heavy atom. The Hall–Kier alpha value is -1.60. The van der Waals surface area contributed by atoms with E-state index in [-0.39, 0.29) is 29.1 Å². The normalized spacial score (nSPS) is 15.6. The van der Waals surface area contributed by atoms with Crippen molar-refractivity contribution in [2.45, 2.75) is 50.5 Å². The molecule has 128 valence electrons. The molecule has 0 atom stereocenters. The van der Waals surface area contributed by atoms with E-state index < -0.39 is 10.0 Å². The van der Waals surface area contributed by atoms with Gasteiger partial charge in [0.15, 0.2) is 0 Å². The number of aryl methyl sites for hydroxylation is 2. The highest BCUT2D eigenvalue weighted by Gasteiger charge is 2.23. The van der Waals surface area contributed by atoms with Gasteiger partial charge < -0.3 is 10.1 Å². The molecule has 0 aromatic heterocycles. The van der Waals surface area contributed by atoms with Gasteiger partial charge in [-0.05, 0) is 49.9 Å². The van der Waals surface area contributed by atoms with E-state index in [2.05, 4.69) is 10.0 Å². The number of ether oxygens (including phenoxy) is 1. The molecule has 6 nitrogen and oxygen atoms in total. The van der Waals surface area contributed by atoms with Gasteiger partial charge in [0.25, 0.3) is 0 Å². The molecule has 0 spiro atoms. The van der Waals surface area contributed by atoms with Crippen molar-refractivity contribution >= 4 is 15.9 Å². The largest absolute Gasteiger partial charge is 0.495 e. The molecule has 2 rings (SSSR count). The molecule has 7 heteroatoms. The van der Waals surface area contributed by atoms with Gasteiger partial charge in [0.2, 0.25) is 15.9 Å². The van der Waals surface area contributed by atoms with Gasteiger partial charge in [-0.3, -0.25) is 4.79 Å². The smallest absolute Gasteiger partial charge is 0.244 e. The number of hydrogen-bond donors (Lipinski definition) is 2. The van der Waals surface area contributed by atoms with Gasteiger partial charge in [-0.2, -0.15) is 0 Å². The van der Waals surface area contributed by atoms with E-state index in [4.69, 9.17) is 4.74 Å². The van der Waals surface area contributed by atoms with Crippen LogP contribution in [0.25, 0.3) is 0 Å². The first kappa shape index (κ1) is 17.7. The van der Waals surface area contributed by atoms with E-state index >= 15 is 0 Å². The number of sulfonamides is 1. The zero-order chi connectivity index (χ0) is 17.0. The van der Waals surface area contributed by atoms with Crippen LogP contribution in [0.2, 0.25) is 0 Å². The Morgan fingerprint density at radius 3 is 2.43 bits per heavy atom. The first-order valence-electron chi connectivity index (χ1n) is 7.78. The van der Waals surface area contributed by atoms with Crippen molar-refractivity contribution in [1.29, 1.82) is 0 Å². The summed E-state index contributed by atoms with van der Waals surface area (Å²) in [7, 11) is -2.38. The van der Waals surface area contributed by atoms with Gasteiger partial charge in [-0.25, -0.2) is 13.1 Å². The summed E-state index contributed by atoms with van der Waals surface area (Å²) < 4.78 is 32.4. The lowest BCUT2D eigenvalue weighted by Crippen LogP contribution is -2.41. The molecule has 2 N–H and O–H groups in total. The van der Waals surface area contributed by atoms with Crippen molar-refractivity contribution < 1.29 is 17.9 Å². The number of nitrogens with one attached hydrogen (secondary N) is 2. The van der Waals surface area contributed by atoms with Crippen molar-refractivity contribution in [1.82, 2.24) is 10.0 Å². The maximum absolute atomic E-state index is 12.4. The molecule has 1 aromatic rings. The Bertz CT molecular complexity index is 680. The zero-order valence-electron chi connectivity index (χ0n) is 13.8. The Labute approximate surface area is 137 Å². The second-order valence-corrected chi connectivity index (χ2v) is 7.70. The van der Waals surface area contributed by atoms with E-state index in [1.165, 1.54) is 7.11 Å². The lowest BCUT2D eigenvalue weighted by atomic mass is 10.1. The van der Waals surface area contributed by atoms with Crippen LogP contribution in [0.4, 0.5) is 0 Å². The lowest BCUT2D eigenvalue weighted by Gasteiger charge is -2.14. The predicted octanol–water partition coefficient (Wildman–Crippen LogP) is 1.65. The van der Waals surface area contributed by atoms with Crippen LogP contribution in [0.15, 0.2) is 17.0 Å². The van der Waals surface area contributed by atoms with Crippen molar-refractivity contribution in [3.8, 4) is 5.75 Å². The minimum Gasteiger partial charge on any atom is -0.495 e. The number of methoxy groups -OCH3 is 1. The molecule has 1 fully saturated rings. The third kappa shape index (κ3) is 4.45. The minimum atomic E-state index is -3.81. The van der Waals surface area contributed by atoms with Crippen LogP contribution in [-0.2, 0) is 14.8 Å². The summed E-state index contributed by atoms with van der Waals surface area (Å²) >= 11 is 0. The average Bonchev–Trinajstić information content (AvgIpc) is 3.00. The fourth-order valence-electron chi connectivity index (χ4n) is 2.72. The van der Waals surface area contributed by atoms with Crippen molar-refractivity contribution in [3.05, 3.63) is 23.3 Å². The average molecular weight is 340 g/mol. The zero-order valence-corrected chi connectivity index (χ0v) is 14.6. The first-order valence-corrected chi connectivity index (χ1v) is 9.26. The predicted molar refractivity (Wildman–Crippen MR) is 88.1 cm³/mol. The van der Waals surface area contributed by atoms with Gasteiger partial charge in [0, 0.05) is 6.04 Å². The Balaban J connectivity index is 2.06. The number of hydrogen-bond acceptors (Lipinski definition) is 4. The SMILES string of the molecule is COc1cc(C)c(C)cc1S(=O)(=O)NCC(=O)NC1CCCC1. The molecule has 0 heterocycles. The van der Waals surface area contributed by atoms with Crippen molar-refractivity contribution in [2.75, 3.05) is 13.7 Å². The molecule has 0 aliphatic heterocycles. The highest BCUT2D eigenvalue weighted by molar-refractivity contribution is 7.89. The summed E-state index contributed by atoms with van der Waals surface area (Å²) in [5, 5.41) is 2.85. The molecule has 1 saturated carbocycles. The molecule has 1 aromatic carbocycles. The summed E-state index contributed by atoms with van der Waals surface area (Å²) in [5.74, 6) is -0.0277. The Morgan fingerprint density at radius 1 is 1.22 bits per heavy atom. The van der Waals surface area contributed by atoms with Crippen LogP contribution in [0.1, 0.15) is 36.8 Å². The molecule has 0 radical (unpaired) electrons. The molecule has 1 aliphatic carbocycles. The van der Waals surface area contributed by atoms with E-state index in [1.807, 2.05) is 13.8 Å². The van der Waals surface area contributed by atoms with Crippen LogP contribution < -0.4 is 14.8 Å². The van der Waals surface area contributed by atoms with Crippen LogP contribution in [0, 0.1) is 13.8 Å². The molecule has 23 heavy (non-hydrogen) atoms. The Kier molecular flexibility index (Phi) is 5.64. The summed E-state index contributed by atoms with van der Waals surface area (Å²) in [5.41, 5.74) is 1.79. The second-order valence-electron chi connectivity index (χ2n) is 5.96. The molecule has 0 bridgehead atoms. The molecule has 0 saturated heterocycles. The van der Waals surface area contributed by atoms with Gasteiger partial charge >= 0.3 is 0 Å². The van der Waals surface area contributed by atoms with Crippen molar-refractivity contribution in [2.24, 2.45) is 0 Å². The second kappa shape index (κ2) is 7.31. The fraction of sp³-hybridized carbons (Fsp3) is 0.562. The molecular weight excluding hydrogens is 316 g/mol. The third-order valence-electron chi connectivity index (χ3n) is 4.21. The number of rotatable bonds is 6. The van der Waals surface area contributed by atoms with E-state index in [0.717, 1.165) is 36.8 Å². The van der Waals surface area contributed by atoms with Crippen LogP contribution in [-0.4, -0.2) is 34.0 Å². The van der Waals surface area contributed by atoms with Crippen molar-refractivity contribution in [3.63, 3.8) is 0 Å². The van der Waals surface area contributed by atoms with Gasteiger partial charge in [-0.15, -0.1) is 0 Å². The monoisotopic (exact) mass is 340 g/mol. The highest BCUT2D eigenvalue weighted by atomic mass is 32.2.